The van der Waals surface area contributed by atoms with Crippen LogP contribution in [-0.2, 0) is 4.74 Å². The van der Waals surface area contributed by atoms with Crippen molar-refractivity contribution in [3.05, 3.63) is 0 Å². The van der Waals surface area contributed by atoms with Crippen molar-refractivity contribution in [1.29, 1.82) is 0 Å². The summed E-state index contributed by atoms with van der Waals surface area (Å²) in [6.45, 7) is 5.73. The minimum Gasteiger partial charge on any atom is -0.385 e. The van der Waals surface area contributed by atoms with E-state index >= 15 is 0 Å². The number of thioether (sulfide) groups is 1. The molecule has 0 bridgehead atoms. The lowest BCUT2D eigenvalue weighted by Crippen LogP contribution is -2.31. The molecule has 1 aliphatic heterocycles. The van der Waals surface area contributed by atoms with Gasteiger partial charge in [-0.05, 0) is 32.6 Å². The average Bonchev–Trinajstić information content (AvgIpc) is 2.53. The fourth-order valence-corrected chi connectivity index (χ4v) is 2.99. The molecule has 1 saturated heterocycles. The first kappa shape index (κ1) is 16.3. The quantitative estimate of drug-likeness (QED) is 0.584. The van der Waals surface area contributed by atoms with Crippen molar-refractivity contribution in [2.24, 2.45) is 0 Å². The van der Waals surface area contributed by atoms with Crippen LogP contribution >= 0.6 is 11.8 Å². The summed E-state index contributed by atoms with van der Waals surface area (Å²) in [5.74, 6) is 2.46. The summed E-state index contributed by atoms with van der Waals surface area (Å²) < 4.78 is 5.07. The van der Waals surface area contributed by atoms with Crippen LogP contribution in [0.25, 0.3) is 0 Å². The predicted molar refractivity (Wildman–Crippen MR) is 87.3 cm³/mol. The van der Waals surface area contributed by atoms with Crippen LogP contribution in [0.2, 0.25) is 0 Å². The van der Waals surface area contributed by atoms with E-state index in [0.29, 0.717) is 5.95 Å². The van der Waals surface area contributed by atoms with Crippen molar-refractivity contribution < 1.29 is 4.74 Å². The number of methoxy groups -OCH3 is 1. The molecule has 0 radical (unpaired) electrons. The van der Waals surface area contributed by atoms with Crippen LogP contribution in [0.4, 0.5) is 11.9 Å². The topological polar surface area (TPSA) is 63.2 Å². The normalized spacial score (nSPS) is 15.2. The summed E-state index contributed by atoms with van der Waals surface area (Å²) in [5, 5.41) is 4.01. The molecule has 0 aromatic carbocycles. The van der Waals surface area contributed by atoms with Crippen molar-refractivity contribution >= 4 is 23.7 Å². The SMILES string of the molecule is CCNc1nc(SCCCOC)nc(N2CCCCC2)n1. The Morgan fingerprint density at radius 3 is 2.71 bits per heavy atom. The largest absolute Gasteiger partial charge is 0.385 e. The molecular weight excluding hydrogens is 286 g/mol. The second kappa shape index (κ2) is 9.04. The molecule has 0 aliphatic carbocycles. The Labute approximate surface area is 131 Å². The van der Waals surface area contributed by atoms with Crippen LogP contribution in [-0.4, -0.2) is 54.1 Å². The summed E-state index contributed by atoms with van der Waals surface area (Å²) >= 11 is 1.67. The Kier molecular flexibility index (Phi) is 7.02. The van der Waals surface area contributed by atoms with E-state index in [4.69, 9.17) is 4.74 Å². The molecule has 1 aromatic rings. The molecule has 0 spiro atoms. The molecule has 2 heterocycles. The van der Waals surface area contributed by atoms with Gasteiger partial charge in [0.1, 0.15) is 0 Å². The van der Waals surface area contributed by atoms with Gasteiger partial charge in [0, 0.05) is 39.1 Å². The summed E-state index contributed by atoms with van der Waals surface area (Å²) in [6, 6.07) is 0. The molecule has 0 atom stereocenters. The van der Waals surface area contributed by atoms with Crippen molar-refractivity contribution in [1.82, 2.24) is 15.0 Å². The highest BCUT2D eigenvalue weighted by atomic mass is 32.2. The van der Waals surface area contributed by atoms with E-state index in [1.54, 1.807) is 18.9 Å². The summed E-state index contributed by atoms with van der Waals surface area (Å²) in [4.78, 5) is 15.9. The van der Waals surface area contributed by atoms with Crippen LogP contribution in [0.3, 0.4) is 0 Å². The molecular formula is C14H25N5OS. The lowest BCUT2D eigenvalue weighted by Gasteiger charge is -2.26. The standard InChI is InChI=1S/C14H25N5OS/c1-3-15-12-16-13(19-8-5-4-6-9-19)18-14(17-12)21-11-7-10-20-2/h3-11H2,1-2H3,(H,15,16,17,18). The van der Waals surface area contributed by atoms with Gasteiger partial charge < -0.3 is 15.0 Å². The molecule has 1 aromatic heterocycles. The number of ether oxygens (including phenoxy) is 1. The Balaban J connectivity index is 2.05. The van der Waals surface area contributed by atoms with Crippen molar-refractivity contribution in [3.8, 4) is 0 Å². The molecule has 1 aliphatic rings. The Morgan fingerprint density at radius 2 is 2.00 bits per heavy atom. The van der Waals surface area contributed by atoms with Gasteiger partial charge in [-0.15, -0.1) is 0 Å². The number of piperidine rings is 1. The van der Waals surface area contributed by atoms with Gasteiger partial charge in [0.25, 0.3) is 0 Å². The molecule has 7 heteroatoms. The van der Waals surface area contributed by atoms with E-state index in [1.165, 1.54) is 19.3 Å². The first-order valence-corrected chi connectivity index (χ1v) is 8.68. The van der Waals surface area contributed by atoms with Gasteiger partial charge in [-0.3, -0.25) is 0 Å². The second-order valence-electron chi connectivity index (χ2n) is 5.01. The van der Waals surface area contributed by atoms with Crippen molar-refractivity contribution in [2.45, 2.75) is 37.8 Å². The third-order valence-corrected chi connectivity index (χ3v) is 4.23. The van der Waals surface area contributed by atoms with Gasteiger partial charge in [-0.2, -0.15) is 15.0 Å². The maximum absolute atomic E-state index is 5.07. The number of rotatable bonds is 8. The first-order chi connectivity index (χ1) is 10.3. The Morgan fingerprint density at radius 1 is 1.19 bits per heavy atom. The molecule has 2 rings (SSSR count). The summed E-state index contributed by atoms with van der Waals surface area (Å²) in [6.07, 6.45) is 4.75. The zero-order valence-corrected chi connectivity index (χ0v) is 13.8. The van der Waals surface area contributed by atoms with Crippen LogP contribution in [0, 0.1) is 0 Å². The van der Waals surface area contributed by atoms with E-state index in [9.17, 15) is 0 Å². The first-order valence-electron chi connectivity index (χ1n) is 7.70. The molecule has 1 fully saturated rings. The molecule has 1 N–H and O–H groups in total. The van der Waals surface area contributed by atoms with E-state index in [1.807, 2.05) is 0 Å². The number of nitrogens with zero attached hydrogens (tertiary/aromatic N) is 4. The van der Waals surface area contributed by atoms with Crippen LogP contribution < -0.4 is 10.2 Å². The third kappa shape index (κ3) is 5.32. The summed E-state index contributed by atoms with van der Waals surface area (Å²) in [5.41, 5.74) is 0. The number of hydrogen-bond acceptors (Lipinski definition) is 7. The molecule has 0 saturated carbocycles. The van der Waals surface area contributed by atoms with Gasteiger partial charge in [0.15, 0.2) is 5.16 Å². The van der Waals surface area contributed by atoms with Crippen LogP contribution in [0.5, 0.6) is 0 Å². The van der Waals surface area contributed by atoms with Gasteiger partial charge in [-0.1, -0.05) is 11.8 Å². The summed E-state index contributed by atoms with van der Waals surface area (Å²) in [7, 11) is 1.73. The molecule has 0 amide bonds. The van der Waals surface area contributed by atoms with E-state index < -0.39 is 0 Å². The van der Waals surface area contributed by atoms with Crippen molar-refractivity contribution in [3.63, 3.8) is 0 Å². The van der Waals surface area contributed by atoms with Crippen molar-refractivity contribution in [2.75, 3.05) is 49.3 Å². The molecule has 6 nitrogen and oxygen atoms in total. The number of aromatic nitrogens is 3. The van der Waals surface area contributed by atoms with Gasteiger partial charge in [0.05, 0.1) is 0 Å². The Hall–Kier alpha value is -1.08. The lowest BCUT2D eigenvalue weighted by molar-refractivity contribution is 0.200. The van der Waals surface area contributed by atoms with Crippen LogP contribution in [0.1, 0.15) is 32.6 Å². The number of anilines is 2. The fourth-order valence-electron chi connectivity index (χ4n) is 2.25. The zero-order chi connectivity index (χ0) is 14.9. The fraction of sp³-hybridized carbons (Fsp3) is 0.786. The molecule has 0 unspecified atom stereocenters. The highest BCUT2D eigenvalue weighted by Crippen LogP contribution is 2.21. The van der Waals surface area contributed by atoms with Gasteiger partial charge in [0.2, 0.25) is 11.9 Å². The minimum atomic E-state index is 0.683. The highest BCUT2D eigenvalue weighted by molar-refractivity contribution is 7.99. The number of nitrogens with one attached hydrogen (secondary N) is 1. The maximum Gasteiger partial charge on any atom is 0.231 e. The highest BCUT2D eigenvalue weighted by Gasteiger charge is 2.16. The smallest absolute Gasteiger partial charge is 0.231 e. The lowest BCUT2D eigenvalue weighted by atomic mass is 10.1. The number of hydrogen-bond donors (Lipinski definition) is 1. The average molecular weight is 311 g/mol. The molecule has 21 heavy (non-hydrogen) atoms. The second-order valence-corrected chi connectivity index (χ2v) is 6.08. The van der Waals surface area contributed by atoms with Gasteiger partial charge >= 0.3 is 0 Å². The van der Waals surface area contributed by atoms with Gasteiger partial charge in [-0.25, -0.2) is 0 Å². The zero-order valence-electron chi connectivity index (χ0n) is 13.0. The van der Waals surface area contributed by atoms with E-state index in [0.717, 1.165) is 49.5 Å². The van der Waals surface area contributed by atoms with E-state index in [2.05, 4.69) is 32.1 Å². The maximum atomic E-state index is 5.07. The monoisotopic (exact) mass is 311 g/mol. The van der Waals surface area contributed by atoms with Crippen LogP contribution in [0.15, 0.2) is 5.16 Å². The Bertz CT molecular complexity index is 426. The third-order valence-electron chi connectivity index (χ3n) is 3.30. The molecule has 118 valence electrons. The predicted octanol–water partition coefficient (Wildman–Crippen LogP) is 2.42. The van der Waals surface area contributed by atoms with E-state index in [-0.39, 0.29) is 0 Å². The minimum absolute atomic E-state index is 0.683.